The maximum atomic E-state index is 9.97. The van der Waals surface area contributed by atoms with Crippen LogP contribution in [0.25, 0.3) is 90.5 Å². The highest BCUT2D eigenvalue weighted by molar-refractivity contribution is 5.83. The fraction of sp³-hybridized carbons (Fsp3) is 0.447. The lowest BCUT2D eigenvalue weighted by Gasteiger charge is -2.33. The summed E-state index contributed by atoms with van der Waals surface area (Å²) in [5.41, 5.74) is 10.7. The first-order valence-electron chi connectivity index (χ1n) is 46.6. The van der Waals surface area contributed by atoms with E-state index in [4.69, 9.17) is 83.6 Å². The number of unbranched alkanes of at least 4 members (excludes halogenated alkanes) is 2. The average molecular weight is 1820 g/mol. The van der Waals surface area contributed by atoms with Crippen LogP contribution in [0.2, 0.25) is 0 Å². The van der Waals surface area contributed by atoms with E-state index in [1.807, 2.05) is 183 Å². The van der Waals surface area contributed by atoms with Crippen molar-refractivity contribution in [3.63, 3.8) is 0 Å². The van der Waals surface area contributed by atoms with Crippen LogP contribution >= 0.6 is 0 Å². The van der Waals surface area contributed by atoms with Crippen molar-refractivity contribution < 1.29 is 57.7 Å². The lowest BCUT2D eigenvalue weighted by molar-refractivity contribution is 0.0853. The number of para-hydroxylation sites is 1. The molecular formula is C103H134N18O12. The minimum absolute atomic E-state index is 0.185. The summed E-state index contributed by atoms with van der Waals surface area (Å²) in [6, 6.07) is 49.4. The Morgan fingerprint density at radius 3 is 1.59 bits per heavy atom. The first-order valence-corrected chi connectivity index (χ1v) is 46.6. The number of aryl methyl sites for hydroxylation is 3. The number of anilines is 4. The van der Waals surface area contributed by atoms with Crippen LogP contribution in [0.1, 0.15) is 108 Å². The Morgan fingerprint density at radius 2 is 1.06 bits per heavy atom. The SMILES string of the molecule is C#CCCN(C)c1cc(-c2cc3ccccc3o2)nc(-c2cccc(OCC(O)CNC)c2)n1.CCCCCc1cc(-c2cnn(CC(C)C)c2)nc(-c2cccc(OCC(O)CNC)c2)n1.CNCC(O)COc1cccc(-c2nc(N3CCCCC3)cc(N(C)C3CCOCC3)n2)c1.CNCC(O)COc1cccc(-c2nc(NC3CCOCC3)cc(-c3c(C)coc3C)n2)c1. The zero-order valence-corrected chi connectivity index (χ0v) is 79.0. The first-order chi connectivity index (χ1) is 64.7. The molecule has 15 rings (SSSR count). The van der Waals surface area contributed by atoms with E-state index in [1.165, 1.54) is 32.1 Å². The molecule has 4 atom stereocenters. The van der Waals surface area contributed by atoms with Gasteiger partial charge in [-0.05, 0) is 178 Å². The number of furan rings is 2. The van der Waals surface area contributed by atoms with Crippen molar-refractivity contribution in [2.24, 2.45) is 5.92 Å². The van der Waals surface area contributed by atoms with E-state index in [0.717, 1.165) is 181 Å². The second-order valence-corrected chi connectivity index (χ2v) is 34.3. The molecule has 3 fully saturated rings. The van der Waals surface area contributed by atoms with Gasteiger partial charge in [-0.25, -0.2) is 39.9 Å². The molecule has 0 bridgehead atoms. The number of aliphatic hydroxyl groups is 4. The molecule has 0 spiro atoms. The zero-order valence-electron chi connectivity index (χ0n) is 79.0. The number of hydrogen-bond donors (Lipinski definition) is 9. The number of fused-ring (bicyclic) bond motifs is 1. The number of aliphatic hydroxyl groups excluding tert-OH is 4. The van der Waals surface area contributed by atoms with E-state index in [2.05, 4.69) is 93.6 Å². The van der Waals surface area contributed by atoms with Gasteiger partial charge in [0.25, 0.3) is 0 Å². The second-order valence-electron chi connectivity index (χ2n) is 34.3. The van der Waals surface area contributed by atoms with E-state index in [0.29, 0.717) is 115 Å². The second kappa shape index (κ2) is 51.9. The fourth-order valence-corrected chi connectivity index (χ4v) is 15.7. The van der Waals surface area contributed by atoms with E-state index in [-0.39, 0.29) is 26.4 Å². The predicted molar refractivity (Wildman–Crippen MR) is 526 cm³/mol. The number of piperidine rings is 1. The number of nitrogens with zero attached hydrogens (tertiary/aromatic N) is 13. The molecule has 0 saturated carbocycles. The maximum Gasteiger partial charge on any atom is 0.163 e. The summed E-state index contributed by atoms with van der Waals surface area (Å²) in [7, 11) is 11.3. The Morgan fingerprint density at radius 1 is 0.541 bits per heavy atom. The van der Waals surface area contributed by atoms with E-state index < -0.39 is 24.4 Å². The molecule has 3 aliphatic rings. The quantitative estimate of drug-likeness (QED) is 0.0127. The number of hydrogen-bond acceptors (Lipinski definition) is 29. The van der Waals surface area contributed by atoms with Crippen molar-refractivity contribution in [1.82, 2.24) is 70.9 Å². The van der Waals surface area contributed by atoms with Crippen molar-refractivity contribution in [1.29, 1.82) is 0 Å². The number of likely N-dealkylation sites (N-methyl/N-ethyl adjacent to an activating group) is 4. The van der Waals surface area contributed by atoms with Crippen molar-refractivity contribution in [2.45, 2.75) is 155 Å². The molecule has 12 aromatic rings. The number of benzene rings is 5. The molecule has 0 amide bonds. The molecule has 0 radical (unpaired) electrons. The zero-order chi connectivity index (χ0) is 93.8. The van der Waals surface area contributed by atoms with Crippen LogP contribution in [0.5, 0.6) is 23.0 Å². The number of aromatic nitrogens is 10. The van der Waals surface area contributed by atoms with Crippen LogP contribution in [-0.2, 0) is 22.4 Å². The van der Waals surface area contributed by atoms with Crippen LogP contribution in [0.3, 0.4) is 0 Å². The minimum Gasteiger partial charge on any atom is -0.491 e. The van der Waals surface area contributed by atoms with Gasteiger partial charge in [-0.2, -0.15) is 5.10 Å². The predicted octanol–water partition coefficient (Wildman–Crippen LogP) is 14.6. The smallest absolute Gasteiger partial charge is 0.163 e. The Balaban J connectivity index is 0.000000160. The van der Waals surface area contributed by atoms with E-state index in [1.54, 1.807) is 27.4 Å². The van der Waals surface area contributed by atoms with Gasteiger partial charge in [0.05, 0.1) is 23.8 Å². The lowest BCUT2D eigenvalue weighted by Crippen LogP contribution is -2.37. The number of terminal acetylenes is 1. The van der Waals surface area contributed by atoms with Gasteiger partial charge in [0.15, 0.2) is 29.1 Å². The third-order valence-corrected chi connectivity index (χ3v) is 22.8. The molecule has 708 valence electrons. The van der Waals surface area contributed by atoms with Crippen LogP contribution in [0.4, 0.5) is 23.3 Å². The Labute approximate surface area is 782 Å². The van der Waals surface area contributed by atoms with Gasteiger partial charge in [0.1, 0.15) is 114 Å². The monoisotopic (exact) mass is 1820 g/mol. The van der Waals surface area contributed by atoms with Gasteiger partial charge in [0, 0.05) is 180 Å². The Bertz CT molecular complexity index is 5540. The lowest BCUT2D eigenvalue weighted by atomic mass is 10.1. The first kappa shape index (κ1) is 100. The number of rotatable bonds is 41. The highest BCUT2D eigenvalue weighted by Gasteiger charge is 2.26. The number of ether oxygens (including phenoxy) is 6. The van der Waals surface area contributed by atoms with Crippen molar-refractivity contribution >= 4 is 34.2 Å². The molecule has 5 aromatic carbocycles. The molecule has 133 heavy (non-hydrogen) atoms. The Kier molecular flexibility index (Phi) is 39.0. The van der Waals surface area contributed by atoms with Gasteiger partial charge in [0.2, 0.25) is 0 Å². The molecule has 3 saturated heterocycles. The van der Waals surface area contributed by atoms with Gasteiger partial charge >= 0.3 is 0 Å². The van der Waals surface area contributed by atoms with Gasteiger partial charge in [-0.15, -0.1) is 12.3 Å². The maximum absolute atomic E-state index is 9.97. The summed E-state index contributed by atoms with van der Waals surface area (Å²) in [5.74, 6) is 13.3. The van der Waals surface area contributed by atoms with Crippen LogP contribution in [-0.4, -0.2) is 248 Å². The number of nitrogens with one attached hydrogen (secondary N) is 5. The summed E-state index contributed by atoms with van der Waals surface area (Å²) >= 11 is 0. The van der Waals surface area contributed by atoms with Gasteiger partial charge in [-0.3, -0.25) is 4.68 Å². The molecular weight excluding hydrogens is 1680 g/mol. The van der Waals surface area contributed by atoms with E-state index in [9.17, 15) is 20.4 Å². The third-order valence-electron chi connectivity index (χ3n) is 22.8. The molecule has 3 aliphatic heterocycles. The summed E-state index contributed by atoms with van der Waals surface area (Å²) in [4.78, 5) is 45.7. The molecule has 7 aromatic heterocycles. The molecule has 4 unspecified atom stereocenters. The molecule has 30 heteroatoms. The summed E-state index contributed by atoms with van der Waals surface area (Å²) < 4.78 is 47.9. The highest BCUT2D eigenvalue weighted by Crippen LogP contribution is 2.37. The Hall–Kier alpha value is -12.0. The molecule has 9 N–H and O–H groups in total. The standard InChI is InChI=1S/C27H28N4O3.C26H37N5O2.C25H37N5O3.C25H32N4O4/c1-4-5-13-31(3)26-16-23(25-15-19-9-6-7-12-24(19)34-25)29-27(30-26)20-10-8-11-22(14-20)33-18-21(32)17-28-2;1-5-6-7-10-22-13-25(21-14-28-31(17-21)16-19(2)3)30-26(29-22)20-9-8-11-24(12-20)33-18-23(32)15-27-4;1-26-17-21(31)18-33-22-8-6-7-19(15-22)25-27-23(29(2)20-9-13-32-14-10-20)16-24(28-25)30-11-4-3-5-12-30;1-16-14-32-17(2)24(16)22-12-23(27-19-7-9-31-10-8-19)29-25(28-22)18-5-4-6-21(11-18)33-15-20(30)13-26-3/h1,6-12,14-16,21,28,32H,5,13,17-18H2,2-3H3;8-9,11-14,17,19,23,27,32H,5-7,10,15-16,18H2,1-4H3;6-8,15-16,20-21,26,31H,3-5,9-14,17-18H2,1-2H3;4-6,11-12,14,19-20,26,30H,7-10,13,15H2,1-3H3,(H,27,28,29). The van der Waals surface area contributed by atoms with Gasteiger partial charge < -0.3 is 99.0 Å². The fourth-order valence-electron chi connectivity index (χ4n) is 15.7. The van der Waals surface area contributed by atoms with E-state index >= 15 is 0 Å². The topological polar surface area (TPSA) is 353 Å². The molecule has 30 nitrogen and oxygen atoms in total. The summed E-state index contributed by atoms with van der Waals surface area (Å²) in [6.45, 7) is 20.0. The van der Waals surface area contributed by atoms with Crippen molar-refractivity contribution in [3.05, 3.63) is 187 Å². The third kappa shape index (κ3) is 30.5. The van der Waals surface area contributed by atoms with Crippen molar-refractivity contribution in [3.8, 4) is 115 Å². The van der Waals surface area contributed by atoms with Gasteiger partial charge in [-0.1, -0.05) is 100 Å². The summed E-state index contributed by atoms with van der Waals surface area (Å²) in [5, 5.41) is 60.7. The molecule has 0 aliphatic carbocycles. The largest absolute Gasteiger partial charge is 0.491 e. The van der Waals surface area contributed by atoms with Crippen LogP contribution in [0.15, 0.2) is 179 Å². The van der Waals surface area contributed by atoms with Crippen LogP contribution < -0.4 is 60.2 Å². The van der Waals surface area contributed by atoms with Crippen molar-refractivity contribution in [2.75, 3.05) is 161 Å². The average Bonchev–Trinajstić information content (AvgIpc) is 1.79. The minimum atomic E-state index is -0.599. The normalized spacial score (nSPS) is 14.4. The van der Waals surface area contributed by atoms with Crippen LogP contribution in [0, 0.1) is 32.1 Å². The summed E-state index contributed by atoms with van der Waals surface area (Å²) in [6.07, 6.45) is 21.4. The highest BCUT2D eigenvalue weighted by atomic mass is 16.5. The molecule has 10 heterocycles.